The van der Waals surface area contributed by atoms with Crippen LogP contribution in [0.5, 0.6) is 5.75 Å². The van der Waals surface area contributed by atoms with E-state index in [9.17, 15) is 4.39 Å². The number of ether oxygens (including phenoxy) is 1. The average molecular weight is 332 g/mol. The molecule has 0 unspecified atom stereocenters. The molecule has 4 heteroatoms. The Balaban J connectivity index is 2.38. The van der Waals surface area contributed by atoms with Gasteiger partial charge in [-0.05, 0) is 65.8 Å². The van der Waals surface area contributed by atoms with Gasteiger partial charge < -0.3 is 10.1 Å². The Kier molecular flexibility index (Phi) is 7.39. The van der Waals surface area contributed by atoms with Gasteiger partial charge in [0, 0.05) is 6.07 Å². The summed E-state index contributed by atoms with van der Waals surface area (Å²) in [6.07, 6.45) is 3.09. The number of hydrogen-bond acceptors (Lipinski definition) is 2. The molecule has 0 aliphatic heterocycles. The Morgan fingerprint density at radius 1 is 1.32 bits per heavy atom. The van der Waals surface area contributed by atoms with Crippen molar-refractivity contribution < 1.29 is 9.13 Å². The number of halogens is 2. The lowest BCUT2D eigenvalue weighted by Crippen LogP contribution is -2.20. The van der Waals surface area contributed by atoms with E-state index in [1.54, 1.807) is 7.11 Å². The van der Waals surface area contributed by atoms with Crippen molar-refractivity contribution in [2.75, 3.05) is 20.2 Å². The second kappa shape index (κ2) is 8.54. The van der Waals surface area contributed by atoms with Gasteiger partial charge in [0.25, 0.3) is 0 Å². The molecule has 1 aromatic carbocycles. The number of unbranched alkanes of at least 4 members (excludes halogenated alkanes) is 1. The Bertz CT molecular complexity index is 396. The van der Waals surface area contributed by atoms with Crippen LogP contribution in [0.4, 0.5) is 4.39 Å². The van der Waals surface area contributed by atoms with E-state index in [-0.39, 0.29) is 5.82 Å². The maximum atomic E-state index is 13.4. The minimum absolute atomic E-state index is 0.279. The monoisotopic (exact) mass is 331 g/mol. The van der Waals surface area contributed by atoms with Crippen LogP contribution in [-0.4, -0.2) is 20.2 Å². The van der Waals surface area contributed by atoms with E-state index < -0.39 is 0 Å². The van der Waals surface area contributed by atoms with Gasteiger partial charge in [0.2, 0.25) is 0 Å². The Labute approximate surface area is 123 Å². The van der Waals surface area contributed by atoms with Crippen LogP contribution < -0.4 is 10.1 Å². The third-order valence-electron chi connectivity index (χ3n) is 2.93. The molecule has 0 fully saturated rings. The molecule has 0 bridgehead atoms. The highest BCUT2D eigenvalue weighted by molar-refractivity contribution is 9.10. The van der Waals surface area contributed by atoms with Gasteiger partial charge in [0.15, 0.2) is 0 Å². The molecule has 19 heavy (non-hydrogen) atoms. The fourth-order valence-electron chi connectivity index (χ4n) is 1.91. The van der Waals surface area contributed by atoms with Crippen LogP contribution in [0, 0.1) is 11.7 Å². The summed E-state index contributed by atoms with van der Waals surface area (Å²) in [5, 5.41) is 3.42. The van der Waals surface area contributed by atoms with Crippen molar-refractivity contribution in [3.8, 4) is 5.75 Å². The quantitative estimate of drug-likeness (QED) is 0.722. The summed E-state index contributed by atoms with van der Waals surface area (Å²) in [7, 11) is 1.58. The first kappa shape index (κ1) is 16.4. The molecule has 0 saturated heterocycles. The van der Waals surface area contributed by atoms with E-state index in [4.69, 9.17) is 4.74 Å². The zero-order valence-corrected chi connectivity index (χ0v) is 13.5. The largest absolute Gasteiger partial charge is 0.496 e. The van der Waals surface area contributed by atoms with Crippen molar-refractivity contribution in [2.24, 2.45) is 5.92 Å². The molecule has 1 rings (SSSR count). The van der Waals surface area contributed by atoms with Crippen molar-refractivity contribution in [2.45, 2.75) is 33.1 Å². The summed E-state index contributed by atoms with van der Waals surface area (Å²) in [5.41, 5.74) is 1.06. The number of nitrogens with one attached hydrogen (secondary N) is 1. The van der Waals surface area contributed by atoms with Gasteiger partial charge in [-0.1, -0.05) is 13.8 Å². The Morgan fingerprint density at radius 2 is 2.05 bits per heavy atom. The normalized spacial score (nSPS) is 11.1. The van der Waals surface area contributed by atoms with E-state index >= 15 is 0 Å². The van der Waals surface area contributed by atoms with E-state index in [2.05, 4.69) is 35.1 Å². The summed E-state index contributed by atoms with van der Waals surface area (Å²) in [6, 6.07) is 3.26. The van der Waals surface area contributed by atoms with Gasteiger partial charge >= 0.3 is 0 Å². The molecule has 1 N–H and O–H groups in total. The first-order chi connectivity index (χ1) is 9.04. The van der Waals surface area contributed by atoms with Crippen molar-refractivity contribution >= 4 is 15.9 Å². The highest BCUT2D eigenvalue weighted by Gasteiger charge is 2.08. The number of aryl methyl sites for hydroxylation is 1. The zero-order valence-electron chi connectivity index (χ0n) is 11.9. The molecule has 0 aromatic heterocycles. The topological polar surface area (TPSA) is 21.3 Å². The van der Waals surface area contributed by atoms with Crippen molar-refractivity contribution in [1.29, 1.82) is 0 Å². The van der Waals surface area contributed by atoms with E-state index in [1.807, 2.05) is 6.07 Å². The van der Waals surface area contributed by atoms with Crippen LogP contribution in [-0.2, 0) is 6.42 Å². The summed E-state index contributed by atoms with van der Waals surface area (Å²) in [6.45, 7) is 6.50. The van der Waals surface area contributed by atoms with Crippen LogP contribution in [0.2, 0.25) is 0 Å². The maximum absolute atomic E-state index is 13.4. The molecular formula is C15H23BrFNO. The molecular weight excluding hydrogens is 309 g/mol. The number of hydrogen-bond donors (Lipinski definition) is 1. The molecule has 0 aliphatic rings. The maximum Gasteiger partial charge on any atom is 0.141 e. The fourth-order valence-corrected chi connectivity index (χ4v) is 2.30. The van der Waals surface area contributed by atoms with Crippen LogP contribution in [0.1, 0.15) is 32.3 Å². The molecule has 0 spiro atoms. The highest BCUT2D eigenvalue weighted by Crippen LogP contribution is 2.27. The van der Waals surface area contributed by atoms with Crippen LogP contribution in [0.3, 0.4) is 0 Å². The van der Waals surface area contributed by atoms with Crippen LogP contribution in [0.25, 0.3) is 0 Å². The van der Waals surface area contributed by atoms with E-state index in [0.717, 1.165) is 37.9 Å². The number of benzene rings is 1. The predicted molar refractivity (Wildman–Crippen MR) is 81.3 cm³/mol. The lowest BCUT2D eigenvalue weighted by molar-refractivity contribution is 0.404. The first-order valence-corrected chi connectivity index (χ1v) is 7.56. The smallest absolute Gasteiger partial charge is 0.141 e. The summed E-state index contributed by atoms with van der Waals surface area (Å²) in [5.74, 6) is 1.04. The first-order valence-electron chi connectivity index (χ1n) is 6.77. The van der Waals surface area contributed by atoms with E-state index in [1.165, 1.54) is 6.07 Å². The third-order valence-corrected chi connectivity index (χ3v) is 3.53. The zero-order chi connectivity index (χ0) is 14.3. The minimum Gasteiger partial charge on any atom is -0.496 e. The molecule has 0 atom stereocenters. The van der Waals surface area contributed by atoms with Crippen molar-refractivity contribution in [3.63, 3.8) is 0 Å². The van der Waals surface area contributed by atoms with Gasteiger partial charge in [-0.2, -0.15) is 0 Å². The summed E-state index contributed by atoms with van der Waals surface area (Å²) < 4.78 is 19.1. The van der Waals surface area contributed by atoms with Gasteiger partial charge in [0.1, 0.15) is 11.6 Å². The summed E-state index contributed by atoms with van der Waals surface area (Å²) >= 11 is 3.22. The lowest BCUT2D eigenvalue weighted by atomic mass is 10.1. The lowest BCUT2D eigenvalue weighted by Gasteiger charge is -2.10. The molecule has 0 saturated carbocycles. The Hall–Kier alpha value is -0.610. The second-order valence-corrected chi connectivity index (χ2v) is 5.99. The highest BCUT2D eigenvalue weighted by atomic mass is 79.9. The average Bonchev–Trinajstić information content (AvgIpc) is 2.36. The summed E-state index contributed by atoms with van der Waals surface area (Å²) in [4.78, 5) is 0. The third kappa shape index (κ3) is 5.91. The number of rotatable bonds is 8. The standard InChI is InChI=1S/C15H23BrFNO/c1-11(2)10-18-7-5-4-6-12-8-13(16)14(17)9-15(12)19-3/h8-9,11,18H,4-7,10H2,1-3H3. The van der Waals surface area contributed by atoms with Gasteiger partial charge in [-0.3, -0.25) is 0 Å². The predicted octanol–water partition coefficient (Wildman–Crippen LogP) is 4.17. The molecule has 0 radical (unpaired) electrons. The van der Waals surface area contributed by atoms with Crippen molar-refractivity contribution in [1.82, 2.24) is 5.32 Å². The molecule has 2 nitrogen and oxygen atoms in total. The van der Waals surface area contributed by atoms with Gasteiger partial charge in [0.05, 0.1) is 11.6 Å². The molecule has 0 heterocycles. The van der Waals surface area contributed by atoms with Gasteiger partial charge in [-0.15, -0.1) is 0 Å². The van der Waals surface area contributed by atoms with Crippen LogP contribution >= 0.6 is 15.9 Å². The fraction of sp³-hybridized carbons (Fsp3) is 0.600. The molecule has 0 aliphatic carbocycles. The molecule has 1 aromatic rings. The van der Waals surface area contributed by atoms with Crippen LogP contribution in [0.15, 0.2) is 16.6 Å². The minimum atomic E-state index is -0.279. The Morgan fingerprint density at radius 3 is 2.68 bits per heavy atom. The van der Waals surface area contributed by atoms with Gasteiger partial charge in [-0.25, -0.2) is 4.39 Å². The molecule has 0 amide bonds. The molecule has 108 valence electrons. The SMILES string of the molecule is COc1cc(F)c(Br)cc1CCCCNCC(C)C. The van der Waals surface area contributed by atoms with Crippen molar-refractivity contribution in [3.05, 3.63) is 28.0 Å². The second-order valence-electron chi connectivity index (χ2n) is 5.13. The van der Waals surface area contributed by atoms with E-state index in [0.29, 0.717) is 16.1 Å². The number of methoxy groups -OCH3 is 1.